The van der Waals surface area contributed by atoms with E-state index < -0.39 is 0 Å². The molecule has 3 heterocycles. The molecule has 0 aliphatic heterocycles. The summed E-state index contributed by atoms with van der Waals surface area (Å²) in [5.74, 6) is 0. The van der Waals surface area contributed by atoms with Gasteiger partial charge in [0.05, 0.1) is 22.4 Å². The van der Waals surface area contributed by atoms with Crippen LogP contribution in [0.4, 0.5) is 0 Å². The Labute approximate surface area is 285 Å². The molecule has 2 N–H and O–H groups in total. The van der Waals surface area contributed by atoms with Gasteiger partial charge in [-0.1, -0.05) is 110 Å². The lowest BCUT2D eigenvalue weighted by molar-refractivity contribution is 1.33. The Morgan fingerprint density at radius 1 is 0.592 bits per heavy atom. The smallest absolute Gasteiger partial charge is 0.0791 e. The number of aromatic nitrogens is 3. The molecule has 0 fully saturated rings. The SMILES string of the molecule is C=C/C(=C\C=C/N)c1ccc(-c2nc3ccccc3c3c(C)c4c(-c5ccc(-c6cccnc6)cc5)nc5ccccc5c4c(C)c23)cc1. The number of nitrogens with zero attached hydrogens (tertiary/aromatic N) is 3. The number of nitrogens with two attached hydrogens (primary N) is 1. The summed E-state index contributed by atoms with van der Waals surface area (Å²) >= 11 is 0. The van der Waals surface area contributed by atoms with E-state index in [-0.39, 0.29) is 0 Å². The lowest BCUT2D eigenvalue weighted by atomic mass is 9.85. The molecule has 4 nitrogen and oxygen atoms in total. The molecule has 0 atom stereocenters. The van der Waals surface area contributed by atoms with E-state index in [9.17, 15) is 0 Å². The second-order valence-electron chi connectivity index (χ2n) is 12.3. The quantitative estimate of drug-likeness (QED) is 0.113. The van der Waals surface area contributed by atoms with Crippen LogP contribution < -0.4 is 5.73 Å². The van der Waals surface area contributed by atoms with Crippen LogP contribution in [0.15, 0.2) is 153 Å². The second-order valence-corrected chi connectivity index (χ2v) is 12.3. The fourth-order valence-corrected chi connectivity index (χ4v) is 7.22. The first-order valence-electron chi connectivity index (χ1n) is 16.4. The summed E-state index contributed by atoms with van der Waals surface area (Å²) in [5.41, 5.74) is 18.3. The standard InChI is InChI=1S/C45H34N4/c1-4-30(11-9-25-46)31-17-21-33(22-18-31)44-42-28(2)41-37-14-6-8-16-39(37)49-45(34-23-19-32(20-24-34)35-12-10-26-47-27-35)43(41)29(3)40(42)36-13-5-7-15-38(36)48-44/h4-27H,1,46H2,2-3H3/b25-9-,30-11+. The number of pyridine rings is 3. The maximum Gasteiger partial charge on any atom is 0.0791 e. The minimum absolute atomic E-state index is 0.965. The van der Waals surface area contributed by atoms with E-state index >= 15 is 0 Å². The van der Waals surface area contributed by atoms with Gasteiger partial charge < -0.3 is 5.73 Å². The summed E-state index contributed by atoms with van der Waals surface area (Å²) in [7, 11) is 0. The number of para-hydroxylation sites is 2. The van der Waals surface area contributed by atoms with Crippen molar-refractivity contribution in [3.05, 3.63) is 169 Å². The van der Waals surface area contributed by atoms with Crippen molar-refractivity contribution in [2.45, 2.75) is 13.8 Å². The molecular formula is C45H34N4. The zero-order valence-corrected chi connectivity index (χ0v) is 27.5. The number of benzene rings is 5. The van der Waals surface area contributed by atoms with Crippen LogP contribution in [-0.4, -0.2) is 15.0 Å². The molecule has 49 heavy (non-hydrogen) atoms. The molecule has 0 saturated heterocycles. The highest BCUT2D eigenvalue weighted by Gasteiger charge is 2.22. The zero-order chi connectivity index (χ0) is 33.5. The van der Waals surface area contributed by atoms with Gasteiger partial charge in [0.2, 0.25) is 0 Å². The lowest BCUT2D eigenvalue weighted by Gasteiger charge is -2.21. The molecule has 4 heteroatoms. The van der Waals surface area contributed by atoms with Gasteiger partial charge in [-0.15, -0.1) is 0 Å². The van der Waals surface area contributed by atoms with Gasteiger partial charge in [-0.25, -0.2) is 9.97 Å². The van der Waals surface area contributed by atoms with Crippen LogP contribution in [0.2, 0.25) is 0 Å². The Balaban J connectivity index is 1.44. The molecule has 0 saturated carbocycles. The third-order valence-electron chi connectivity index (χ3n) is 9.54. The van der Waals surface area contributed by atoms with Crippen molar-refractivity contribution in [3.63, 3.8) is 0 Å². The van der Waals surface area contributed by atoms with E-state index in [4.69, 9.17) is 15.7 Å². The Morgan fingerprint density at radius 2 is 1.12 bits per heavy atom. The molecule has 234 valence electrons. The fourth-order valence-electron chi connectivity index (χ4n) is 7.22. The maximum atomic E-state index is 5.60. The first-order valence-corrected chi connectivity index (χ1v) is 16.4. The number of aryl methyl sites for hydroxylation is 2. The highest BCUT2D eigenvalue weighted by atomic mass is 14.7. The van der Waals surface area contributed by atoms with E-state index in [2.05, 4.69) is 129 Å². The summed E-state index contributed by atoms with van der Waals surface area (Å²) in [6.45, 7) is 8.50. The van der Waals surface area contributed by atoms with Crippen molar-refractivity contribution in [3.8, 4) is 33.6 Å². The molecule has 3 aromatic heterocycles. The number of allylic oxidation sites excluding steroid dienone is 4. The van der Waals surface area contributed by atoms with E-state index in [1.54, 1.807) is 6.20 Å². The van der Waals surface area contributed by atoms with Gasteiger partial charge in [0.1, 0.15) is 0 Å². The molecule has 0 aliphatic rings. The minimum atomic E-state index is 0.965. The number of rotatable bonds is 6. The molecule has 0 amide bonds. The molecule has 5 aromatic carbocycles. The molecule has 0 spiro atoms. The predicted molar refractivity (Wildman–Crippen MR) is 207 cm³/mol. The first-order chi connectivity index (χ1) is 24.1. The molecule has 0 radical (unpaired) electrons. The van der Waals surface area contributed by atoms with Gasteiger partial charge in [-0.2, -0.15) is 0 Å². The average Bonchev–Trinajstić information content (AvgIpc) is 3.16. The van der Waals surface area contributed by atoms with Gasteiger partial charge >= 0.3 is 0 Å². The van der Waals surface area contributed by atoms with Crippen molar-refractivity contribution in [2.24, 2.45) is 5.73 Å². The third-order valence-corrected chi connectivity index (χ3v) is 9.54. The van der Waals surface area contributed by atoms with Crippen molar-refractivity contribution < 1.29 is 0 Å². The fraction of sp³-hybridized carbons (Fsp3) is 0.0444. The molecule has 0 bridgehead atoms. The van der Waals surface area contributed by atoms with Crippen LogP contribution in [-0.2, 0) is 0 Å². The molecule has 8 rings (SSSR count). The average molecular weight is 631 g/mol. The Kier molecular flexibility index (Phi) is 7.54. The zero-order valence-electron chi connectivity index (χ0n) is 27.5. The number of fused-ring (bicyclic) bond motifs is 6. The normalized spacial score (nSPS) is 12.1. The summed E-state index contributed by atoms with van der Waals surface area (Å²) in [6.07, 6.45) is 10.9. The third kappa shape index (κ3) is 5.06. The van der Waals surface area contributed by atoms with Crippen LogP contribution in [0.3, 0.4) is 0 Å². The molecule has 0 unspecified atom stereocenters. The maximum absolute atomic E-state index is 5.60. The topological polar surface area (TPSA) is 64.7 Å². The van der Waals surface area contributed by atoms with Crippen molar-refractivity contribution >= 4 is 48.9 Å². The summed E-state index contributed by atoms with van der Waals surface area (Å²) < 4.78 is 0. The Hall–Kier alpha value is -6.39. The van der Waals surface area contributed by atoms with Gasteiger partial charge in [0, 0.05) is 45.1 Å². The van der Waals surface area contributed by atoms with Crippen LogP contribution in [0, 0.1) is 13.8 Å². The van der Waals surface area contributed by atoms with Gasteiger partial charge in [-0.05, 0) is 88.5 Å². The highest BCUT2D eigenvalue weighted by Crippen LogP contribution is 2.45. The monoisotopic (exact) mass is 630 g/mol. The molecule has 0 aliphatic carbocycles. The van der Waals surface area contributed by atoms with Gasteiger partial charge in [0.15, 0.2) is 0 Å². The summed E-state index contributed by atoms with van der Waals surface area (Å²) in [4.78, 5) is 15.0. The second kappa shape index (κ2) is 12.3. The number of hydrogen-bond acceptors (Lipinski definition) is 4. The van der Waals surface area contributed by atoms with Crippen molar-refractivity contribution in [1.82, 2.24) is 15.0 Å². The molecule has 8 aromatic rings. The van der Waals surface area contributed by atoms with Crippen molar-refractivity contribution in [2.75, 3.05) is 0 Å². The minimum Gasteiger partial charge on any atom is -0.405 e. The molecular weight excluding hydrogens is 597 g/mol. The van der Waals surface area contributed by atoms with Crippen LogP contribution in [0.5, 0.6) is 0 Å². The van der Waals surface area contributed by atoms with Gasteiger partial charge in [0.25, 0.3) is 0 Å². The van der Waals surface area contributed by atoms with E-state index in [1.165, 1.54) is 33.5 Å². The summed E-state index contributed by atoms with van der Waals surface area (Å²) in [6, 6.07) is 38.3. The Morgan fingerprint density at radius 3 is 1.63 bits per heavy atom. The largest absolute Gasteiger partial charge is 0.405 e. The van der Waals surface area contributed by atoms with Crippen LogP contribution >= 0.6 is 0 Å². The van der Waals surface area contributed by atoms with Crippen molar-refractivity contribution in [1.29, 1.82) is 0 Å². The highest BCUT2D eigenvalue weighted by molar-refractivity contribution is 6.25. The lowest BCUT2D eigenvalue weighted by Crippen LogP contribution is -1.99. The predicted octanol–water partition coefficient (Wildman–Crippen LogP) is 11.1. The van der Waals surface area contributed by atoms with Crippen LogP contribution in [0.25, 0.3) is 82.6 Å². The Bertz CT molecular complexity index is 2610. The van der Waals surface area contributed by atoms with Gasteiger partial charge in [-0.3, -0.25) is 4.98 Å². The van der Waals surface area contributed by atoms with E-state index in [1.807, 2.05) is 30.5 Å². The van der Waals surface area contributed by atoms with Crippen LogP contribution in [0.1, 0.15) is 16.7 Å². The number of hydrogen-bond donors (Lipinski definition) is 1. The first kappa shape index (κ1) is 30.0. The summed E-state index contributed by atoms with van der Waals surface area (Å²) in [5, 5.41) is 7.03. The van der Waals surface area contributed by atoms with E-state index in [0.717, 1.165) is 72.0 Å². The van der Waals surface area contributed by atoms with E-state index in [0.29, 0.717) is 0 Å².